The Morgan fingerprint density at radius 3 is 2.47 bits per heavy atom. The summed E-state index contributed by atoms with van der Waals surface area (Å²) in [5.74, 6) is 0.189. The van der Waals surface area contributed by atoms with Gasteiger partial charge in [0.2, 0.25) is 16.0 Å². The molecule has 4 aromatic rings. The minimum Gasteiger partial charge on any atom is -0.366 e. The Morgan fingerprint density at radius 1 is 1.08 bits per heavy atom. The third-order valence-corrected chi connectivity index (χ3v) is 8.97. The summed E-state index contributed by atoms with van der Waals surface area (Å²) in [6, 6.07) is 14.5. The Kier molecular flexibility index (Phi) is 8.91. The maximum atomic E-state index is 12.0. The highest BCUT2D eigenvalue weighted by atomic mass is 79.9. The number of sulfonamides is 1. The number of nitrogens with two attached hydrogens (primary N) is 1. The van der Waals surface area contributed by atoms with E-state index in [1.54, 1.807) is 24.3 Å². The summed E-state index contributed by atoms with van der Waals surface area (Å²) in [6.07, 6.45) is 2.44. The molecule has 12 heteroatoms. The van der Waals surface area contributed by atoms with Gasteiger partial charge in [-0.3, -0.25) is 0 Å². The number of nitrogens with zero attached hydrogens (tertiary/aromatic N) is 4. The smallest absolute Gasteiger partial charge is 0.240 e. The van der Waals surface area contributed by atoms with E-state index in [9.17, 15) is 8.42 Å². The first-order chi connectivity index (χ1) is 17.2. The van der Waals surface area contributed by atoms with Gasteiger partial charge >= 0.3 is 0 Å². The predicted molar refractivity (Wildman–Crippen MR) is 150 cm³/mol. The van der Waals surface area contributed by atoms with Crippen molar-refractivity contribution in [3.05, 3.63) is 62.9 Å². The van der Waals surface area contributed by atoms with Gasteiger partial charge in [-0.15, -0.1) is 21.5 Å². The summed E-state index contributed by atoms with van der Waals surface area (Å²) in [5, 5.41) is 7.82. The molecule has 0 bridgehead atoms. The van der Waals surface area contributed by atoms with Gasteiger partial charge in [-0.1, -0.05) is 27.5 Å². The molecule has 1 aliphatic heterocycles. The Balaban J connectivity index is 0.000000169. The fourth-order valence-corrected chi connectivity index (χ4v) is 6.28. The van der Waals surface area contributed by atoms with Crippen LogP contribution in [-0.2, 0) is 10.0 Å². The SMILES string of the molecule is Cc1cc2nc(N)nnc2cc1-c1ccc(Cl)s1.O=S(=O)(NCCN1CCCC1)c1ccc(Br)cc1. The molecule has 5 rings (SSSR count). The van der Waals surface area contributed by atoms with Gasteiger partial charge in [0.15, 0.2) is 0 Å². The van der Waals surface area contributed by atoms with Gasteiger partial charge in [0.05, 0.1) is 14.7 Å². The van der Waals surface area contributed by atoms with Gasteiger partial charge in [0, 0.05) is 22.4 Å². The van der Waals surface area contributed by atoms with Crippen molar-refractivity contribution in [2.75, 3.05) is 31.9 Å². The molecule has 2 aromatic carbocycles. The maximum absolute atomic E-state index is 12.0. The monoisotopic (exact) mass is 608 g/mol. The van der Waals surface area contributed by atoms with Gasteiger partial charge in [-0.2, -0.15) is 0 Å². The second kappa shape index (κ2) is 11.9. The lowest BCUT2D eigenvalue weighted by molar-refractivity contribution is 0.344. The molecular weight excluding hydrogens is 584 g/mol. The van der Waals surface area contributed by atoms with E-state index in [2.05, 4.69) is 40.7 Å². The van der Waals surface area contributed by atoms with E-state index in [-0.39, 0.29) is 5.95 Å². The number of nitrogen functional groups attached to an aromatic ring is 1. The molecule has 0 radical (unpaired) electrons. The predicted octanol–water partition coefficient (Wildman–Crippen LogP) is 5.12. The van der Waals surface area contributed by atoms with Crippen LogP contribution in [0.5, 0.6) is 0 Å². The van der Waals surface area contributed by atoms with Crippen molar-refractivity contribution in [3.63, 3.8) is 0 Å². The van der Waals surface area contributed by atoms with E-state index in [4.69, 9.17) is 17.3 Å². The molecule has 0 amide bonds. The minimum atomic E-state index is -3.37. The van der Waals surface area contributed by atoms with Crippen molar-refractivity contribution < 1.29 is 8.42 Å². The summed E-state index contributed by atoms with van der Waals surface area (Å²) < 4.78 is 28.2. The number of aromatic nitrogens is 3. The fraction of sp³-hybridized carbons (Fsp3) is 0.292. The molecule has 1 fully saturated rings. The first-order valence-corrected chi connectivity index (χ1v) is 14.8. The van der Waals surface area contributed by atoms with E-state index >= 15 is 0 Å². The summed E-state index contributed by atoms with van der Waals surface area (Å²) in [4.78, 5) is 7.86. The van der Waals surface area contributed by atoms with Crippen LogP contribution in [0.25, 0.3) is 21.5 Å². The Bertz CT molecular complexity index is 1440. The van der Waals surface area contributed by atoms with E-state index < -0.39 is 10.0 Å². The van der Waals surface area contributed by atoms with Crippen molar-refractivity contribution >= 4 is 65.9 Å². The normalized spacial score (nSPS) is 14.1. The first-order valence-electron chi connectivity index (χ1n) is 11.3. The Morgan fingerprint density at radius 2 is 1.81 bits per heavy atom. The number of anilines is 1. The zero-order valence-corrected chi connectivity index (χ0v) is 23.6. The molecule has 0 atom stereocenters. The van der Waals surface area contributed by atoms with Gasteiger partial charge in [0.1, 0.15) is 5.52 Å². The third-order valence-electron chi connectivity index (χ3n) is 5.70. The lowest BCUT2D eigenvalue weighted by atomic mass is 10.1. The van der Waals surface area contributed by atoms with Crippen molar-refractivity contribution in [2.24, 2.45) is 0 Å². The zero-order valence-electron chi connectivity index (χ0n) is 19.6. The summed E-state index contributed by atoms with van der Waals surface area (Å²) in [7, 11) is -3.37. The topological polar surface area (TPSA) is 114 Å². The van der Waals surface area contributed by atoms with Crippen LogP contribution in [0.4, 0.5) is 5.95 Å². The summed E-state index contributed by atoms with van der Waals surface area (Å²) in [6.45, 7) is 5.45. The number of halogens is 2. The molecule has 0 saturated carbocycles. The number of hydrogen-bond acceptors (Lipinski definition) is 8. The Labute approximate surface area is 228 Å². The molecule has 0 aliphatic carbocycles. The van der Waals surface area contributed by atoms with Crippen LogP contribution in [0.3, 0.4) is 0 Å². The molecule has 190 valence electrons. The molecular formula is C24H26BrClN6O2S2. The number of thiophene rings is 1. The average molecular weight is 610 g/mol. The summed E-state index contributed by atoms with van der Waals surface area (Å²) in [5.41, 5.74) is 9.22. The van der Waals surface area contributed by atoms with Crippen LogP contribution in [0.15, 0.2) is 57.9 Å². The van der Waals surface area contributed by atoms with Crippen molar-refractivity contribution in [2.45, 2.75) is 24.7 Å². The number of benzene rings is 2. The van der Waals surface area contributed by atoms with Crippen molar-refractivity contribution in [3.8, 4) is 10.4 Å². The van der Waals surface area contributed by atoms with Crippen LogP contribution in [0, 0.1) is 6.92 Å². The standard InChI is InChI=1S/C12H17BrN2O2S.C12H9ClN4S/c13-11-3-5-12(6-4-11)18(16,17)14-7-10-15-8-1-2-9-15;1-6-4-8-9(16-17-12(14)15-8)5-7(6)10-2-3-11(13)18-10/h3-6,14H,1-2,7-10H2;2-5H,1H3,(H2,14,15,17). The largest absolute Gasteiger partial charge is 0.366 e. The fourth-order valence-electron chi connectivity index (χ4n) is 3.87. The number of likely N-dealkylation sites (tertiary alicyclic amines) is 1. The molecule has 2 aromatic heterocycles. The van der Waals surface area contributed by atoms with Crippen LogP contribution in [0.2, 0.25) is 4.34 Å². The van der Waals surface area contributed by atoms with Gasteiger partial charge in [0.25, 0.3) is 0 Å². The highest BCUT2D eigenvalue weighted by molar-refractivity contribution is 9.10. The second-order valence-electron chi connectivity index (χ2n) is 8.33. The first kappa shape index (κ1) is 26.9. The van der Waals surface area contributed by atoms with Crippen LogP contribution >= 0.6 is 38.9 Å². The third kappa shape index (κ3) is 6.99. The molecule has 3 heterocycles. The van der Waals surface area contributed by atoms with E-state index in [0.29, 0.717) is 11.4 Å². The molecule has 1 saturated heterocycles. The zero-order chi connectivity index (χ0) is 25.7. The van der Waals surface area contributed by atoms with Gasteiger partial charge in [-0.25, -0.2) is 18.1 Å². The molecule has 3 N–H and O–H groups in total. The van der Waals surface area contributed by atoms with E-state index in [1.807, 2.05) is 31.2 Å². The Hall–Kier alpha value is -2.15. The molecule has 1 aliphatic rings. The molecule has 8 nitrogen and oxygen atoms in total. The number of fused-ring (bicyclic) bond motifs is 1. The molecule has 0 unspecified atom stereocenters. The number of nitrogens with one attached hydrogen (secondary N) is 1. The van der Waals surface area contributed by atoms with Gasteiger partial charge in [-0.05, 0) is 92.5 Å². The van der Waals surface area contributed by atoms with Crippen LogP contribution < -0.4 is 10.5 Å². The molecule has 0 spiro atoms. The number of aryl methyl sites for hydroxylation is 1. The van der Waals surface area contributed by atoms with Crippen LogP contribution in [-0.4, -0.2) is 54.7 Å². The minimum absolute atomic E-state index is 0.189. The van der Waals surface area contributed by atoms with Crippen molar-refractivity contribution in [1.29, 1.82) is 0 Å². The van der Waals surface area contributed by atoms with Crippen LogP contribution in [0.1, 0.15) is 18.4 Å². The average Bonchev–Trinajstić information content (AvgIpc) is 3.51. The lowest BCUT2D eigenvalue weighted by Gasteiger charge is -2.14. The lowest BCUT2D eigenvalue weighted by Crippen LogP contribution is -2.33. The highest BCUT2D eigenvalue weighted by Gasteiger charge is 2.15. The maximum Gasteiger partial charge on any atom is 0.240 e. The molecule has 36 heavy (non-hydrogen) atoms. The number of rotatable bonds is 6. The van der Waals surface area contributed by atoms with E-state index in [0.717, 1.165) is 55.5 Å². The van der Waals surface area contributed by atoms with E-state index in [1.165, 1.54) is 24.2 Å². The highest BCUT2D eigenvalue weighted by Crippen LogP contribution is 2.34. The number of hydrogen-bond donors (Lipinski definition) is 2. The van der Waals surface area contributed by atoms with Gasteiger partial charge < -0.3 is 10.6 Å². The quantitative estimate of drug-likeness (QED) is 0.312. The second-order valence-corrected chi connectivity index (χ2v) is 12.7. The van der Waals surface area contributed by atoms with Crippen molar-refractivity contribution in [1.82, 2.24) is 24.8 Å². The summed E-state index contributed by atoms with van der Waals surface area (Å²) >= 11 is 10.8.